The van der Waals surface area contributed by atoms with E-state index >= 15 is 0 Å². The maximum Gasteiger partial charge on any atom is 0.303 e. The first-order chi connectivity index (χ1) is 13.4. The summed E-state index contributed by atoms with van der Waals surface area (Å²) in [5.74, 6) is -0.422. The highest BCUT2D eigenvalue weighted by Crippen LogP contribution is 2.39. The third-order valence-corrected chi connectivity index (χ3v) is 11.3. The Hall–Kier alpha value is -0.653. The van der Waals surface area contributed by atoms with E-state index in [1.54, 1.807) is 0 Å². The van der Waals surface area contributed by atoms with E-state index in [-0.39, 0.29) is 17.6 Å². The van der Waals surface area contributed by atoms with E-state index in [0.29, 0.717) is 18.8 Å². The van der Waals surface area contributed by atoms with Gasteiger partial charge in [0.1, 0.15) is 0 Å². The van der Waals surface area contributed by atoms with Crippen LogP contribution in [0.4, 0.5) is 0 Å². The van der Waals surface area contributed by atoms with Crippen LogP contribution in [0.3, 0.4) is 0 Å². The molecule has 3 atom stereocenters. The van der Waals surface area contributed by atoms with E-state index in [1.807, 2.05) is 0 Å². The van der Waals surface area contributed by atoms with Gasteiger partial charge in [-0.25, -0.2) is 0 Å². The molecule has 0 aromatic carbocycles. The zero-order valence-corrected chi connectivity index (χ0v) is 20.8. The molecule has 1 rings (SSSR count). The molecule has 1 aliphatic carbocycles. The fourth-order valence-electron chi connectivity index (χ4n) is 3.97. The number of hydrogen-bond acceptors (Lipinski definition) is 3. The quantitative estimate of drug-likeness (QED) is 0.207. The van der Waals surface area contributed by atoms with Gasteiger partial charge in [-0.05, 0) is 62.6 Å². The molecule has 29 heavy (non-hydrogen) atoms. The smallest absolute Gasteiger partial charge is 0.303 e. The average molecular weight is 427 g/mol. The summed E-state index contributed by atoms with van der Waals surface area (Å²) < 4.78 is 6.71. The van der Waals surface area contributed by atoms with Crippen LogP contribution in [0.25, 0.3) is 0 Å². The van der Waals surface area contributed by atoms with Crippen molar-refractivity contribution < 1.29 is 19.4 Å². The zero-order valence-electron chi connectivity index (χ0n) is 19.8. The third-order valence-electron chi connectivity index (χ3n) is 6.83. The summed E-state index contributed by atoms with van der Waals surface area (Å²) in [5.41, 5.74) is -0.708. The number of carboxylic acid groups (broad SMARTS) is 1. The second kappa shape index (κ2) is 11.7. The van der Waals surface area contributed by atoms with E-state index in [0.717, 1.165) is 32.1 Å². The van der Waals surface area contributed by atoms with Crippen molar-refractivity contribution in [2.24, 2.45) is 5.92 Å². The van der Waals surface area contributed by atoms with Gasteiger partial charge < -0.3 is 14.6 Å². The zero-order chi connectivity index (χ0) is 22.1. The van der Waals surface area contributed by atoms with Crippen molar-refractivity contribution in [3.63, 3.8) is 0 Å². The van der Waals surface area contributed by atoms with Gasteiger partial charge in [0.05, 0.1) is 11.7 Å². The van der Waals surface area contributed by atoms with Gasteiger partial charge in [0.2, 0.25) is 0 Å². The molecule has 1 aliphatic rings. The minimum atomic E-state index is -1.83. The van der Waals surface area contributed by atoms with Crippen LogP contribution in [0.2, 0.25) is 18.1 Å². The lowest BCUT2D eigenvalue weighted by Crippen LogP contribution is -2.43. The molecule has 1 saturated carbocycles. The molecule has 0 bridgehead atoms. The summed E-state index contributed by atoms with van der Waals surface area (Å²) in [7, 11) is -1.83. The maximum absolute atomic E-state index is 10.9. The van der Waals surface area contributed by atoms with Crippen LogP contribution in [0.5, 0.6) is 0 Å². The highest BCUT2D eigenvalue weighted by Gasteiger charge is 2.39. The Morgan fingerprint density at radius 1 is 1.28 bits per heavy atom. The lowest BCUT2D eigenvalue weighted by atomic mass is 9.75. The summed E-state index contributed by atoms with van der Waals surface area (Å²) in [4.78, 5) is 10.8. The molecule has 1 fully saturated rings. The first kappa shape index (κ1) is 26.4. The molecule has 0 aliphatic heterocycles. The first-order valence-electron chi connectivity index (χ1n) is 11.7. The normalized spacial score (nSPS) is 24.7. The number of rotatable bonds is 12. The molecule has 0 saturated heterocycles. The van der Waals surface area contributed by atoms with Crippen molar-refractivity contribution in [3.05, 3.63) is 12.2 Å². The largest absolute Gasteiger partial charge is 0.481 e. The molecular weight excluding hydrogens is 380 g/mol. The Bertz CT molecular complexity index is 523. The number of unbranched alkanes of at least 4 members (excludes halogenated alkanes) is 2. The number of allylic oxidation sites excluding steroid dienone is 1. The Labute approximate surface area is 180 Å². The van der Waals surface area contributed by atoms with E-state index in [1.165, 1.54) is 19.3 Å². The third kappa shape index (κ3) is 9.80. The second-order valence-corrected chi connectivity index (χ2v) is 15.4. The maximum atomic E-state index is 10.9. The van der Waals surface area contributed by atoms with E-state index < -0.39 is 19.9 Å². The molecule has 5 heteroatoms. The van der Waals surface area contributed by atoms with E-state index in [9.17, 15) is 9.90 Å². The summed E-state index contributed by atoms with van der Waals surface area (Å²) >= 11 is 0. The Balaban J connectivity index is 2.74. The Morgan fingerprint density at radius 2 is 1.97 bits per heavy atom. The van der Waals surface area contributed by atoms with Gasteiger partial charge in [-0.15, -0.1) is 0 Å². The van der Waals surface area contributed by atoms with E-state index in [4.69, 9.17) is 9.53 Å². The van der Waals surface area contributed by atoms with Crippen LogP contribution >= 0.6 is 0 Å². The van der Waals surface area contributed by atoms with Gasteiger partial charge in [0, 0.05) is 6.42 Å². The molecule has 4 nitrogen and oxygen atoms in total. The lowest BCUT2D eigenvalue weighted by molar-refractivity contribution is -0.137. The van der Waals surface area contributed by atoms with Crippen LogP contribution in [0.1, 0.15) is 98.3 Å². The van der Waals surface area contributed by atoms with Gasteiger partial charge in [-0.3, -0.25) is 4.79 Å². The first-order valence-corrected chi connectivity index (χ1v) is 14.6. The van der Waals surface area contributed by atoms with Crippen molar-refractivity contribution in [1.82, 2.24) is 0 Å². The van der Waals surface area contributed by atoms with Crippen LogP contribution in [-0.4, -0.2) is 36.2 Å². The highest BCUT2D eigenvalue weighted by molar-refractivity contribution is 6.74. The molecule has 0 amide bonds. The number of carboxylic acids is 1. The van der Waals surface area contributed by atoms with Gasteiger partial charge in [0.15, 0.2) is 8.32 Å². The molecule has 0 aromatic rings. The predicted octanol–water partition coefficient (Wildman–Crippen LogP) is 6.69. The van der Waals surface area contributed by atoms with Crippen molar-refractivity contribution in [3.8, 4) is 0 Å². The van der Waals surface area contributed by atoms with Gasteiger partial charge in [0.25, 0.3) is 0 Å². The summed E-state index contributed by atoms with van der Waals surface area (Å²) in [6.45, 7) is 13.7. The monoisotopic (exact) mass is 426 g/mol. The molecular formula is C24H46O4Si. The molecule has 2 N–H and O–H groups in total. The fourth-order valence-corrected chi connectivity index (χ4v) is 5.28. The van der Waals surface area contributed by atoms with Crippen LogP contribution in [0, 0.1) is 5.92 Å². The fraction of sp³-hybridized carbons (Fsp3) is 0.875. The lowest BCUT2D eigenvalue weighted by Gasteiger charge is -2.39. The molecule has 170 valence electrons. The van der Waals surface area contributed by atoms with Crippen molar-refractivity contribution in [2.45, 2.75) is 128 Å². The SMILES string of the molecule is CCCCCC(C=C[C@@H]1CCC[C@](O)(CCCC(=O)O)C1)O[Si](C)(C)C(C)(C)C. The summed E-state index contributed by atoms with van der Waals surface area (Å²) in [5, 5.41) is 20.0. The van der Waals surface area contributed by atoms with Crippen LogP contribution in [0.15, 0.2) is 12.2 Å². The Kier molecular flexibility index (Phi) is 10.6. The standard InChI is InChI=1S/C24H46O4Si/c1-7-8-9-13-21(28-29(5,6)23(2,3)4)16-15-20-12-10-17-24(27,19-20)18-11-14-22(25)26/h15-16,20-21,27H,7-14,17-19H2,1-6H3,(H,25,26)/t20-,21?,24-/m0/s1. The second-order valence-electron chi connectivity index (χ2n) is 10.6. The molecule has 0 radical (unpaired) electrons. The van der Waals surface area contributed by atoms with Gasteiger partial charge >= 0.3 is 5.97 Å². The number of hydrogen-bond donors (Lipinski definition) is 2. The van der Waals surface area contributed by atoms with Crippen LogP contribution < -0.4 is 0 Å². The molecule has 0 heterocycles. The number of aliphatic carboxylic acids is 1. The summed E-state index contributed by atoms with van der Waals surface area (Å²) in [6, 6.07) is 0. The van der Waals surface area contributed by atoms with Crippen LogP contribution in [-0.2, 0) is 9.22 Å². The molecule has 0 aromatic heterocycles. The topological polar surface area (TPSA) is 66.8 Å². The Morgan fingerprint density at radius 3 is 2.55 bits per heavy atom. The van der Waals surface area contributed by atoms with Crippen molar-refractivity contribution in [1.29, 1.82) is 0 Å². The van der Waals surface area contributed by atoms with Crippen molar-refractivity contribution in [2.75, 3.05) is 0 Å². The predicted molar refractivity (Wildman–Crippen MR) is 124 cm³/mol. The highest BCUT2D eigenvalue weighted by atomic mass is 28.4. The van der Waals surface area contributed by atoms with Gasteiger partial charge in [-0.2, -0.15) is 0 Å². The van der Waals surface area contributed by atoms with Crippen molar-refractivity contribution >= 4 is 14.3 Å². The minimum Gasteiger partial charge on any atom is -0.481 e. The molecule has 0 spiro atoms. The van der Waals surface area contributed by atoms with E-state index in [2.05, 4.69) is 52.9 Å². The average Bonchev–Trinajstić information content (AvgIpc) is 2.58. The molecule has 1 unspecified atom stereocenters. The number of aliphatic hydroxyl groups is 1. The minimum absolute atomic E-state index is 0.142. The summed E-state index contributed by atoms with van der Waals surface area (Å²) in [6.07, 6.45) is 14.3. The number of carbonyl (C=O) groups is 1. The van der Waals surface area contributed by atoms with Gasteiger partial charge in [-0.1, -0.05) is 65.5 Å².